The lowest BCUT2D eigenvalue weighted by molar-refractivity contribution is -0.187. The number of hydrogen-bond acceptors (Lipinski definition) is 4. The maximum Gasteiger partial charge on any atom is 0.471 e. The van der Waals surface area contributed by atoms with Crippen LogP contribution in [0.1, 0.15) is 23.2 Å². The van der Waals surface area contributed by atoms with Crippen molar-refractivity contribution in [3.05, 3.63) is 36.0 Å². The van der Waals surface area contributed by atoms with Gasteiger partial charge in [-0.05, 0) is 18.9 Å². The fraction of sp³-hybridized carbons (Fsp3) is 0.500. The summed E-state index contributed by atoms with van der Waals surface area (Å²) < 4.78 is 37.7. The normalized spacial score (nSPS) is 18.8. The molecule has 2 aliphatic rings. The number of carbonyl (C=O) groups excluding carboxylic acids is 3. The number of halogens is 3. The summed E-state index contributed by atoms with van der Waals surface area (Å²) in [6.45, 7) is 2.21. The van der Waals surface area contributed by atoms with Crippen LogP contribution in [0.5, 0.6) is 0 Å². The van der Waals surface area contributed by atoms with E-state index in [-0.39, 0.29) is 50.1 Å². The fourth-order valence-corrected chi connectivity index (χ4v) is 4.48. The van der Waals surface area contributed by atoms with Gasteiger partial charge in [-0.1, -0.05) is 18.2 Å². The largest absolute Gasteiger partial charge is 0.471 e. The van der Waals surface area contributed by atoms with Gasteiger partial charge in [0.1, 0.15) is 0 Å². The maximum absolute atomic E-state index is 12.8. The Morgan fingerprint density at radius 1 is 0.938 bits per heavy atom. The molecule has 7 nitrogen and oxygen atoms in total. The predicted octanol–water partition coefficient (Wildman–Crippen LogP) is 2.30. The molecule has 0 atom stereocenters. The molecule has 0 bridgehead atoms. The molecule has 2 saturated heterocycles. The maximum atomic E-state index is 12.8. The molecule has 32 heavy (non-hydrogen) atoms. The Morgan fingerprint density at radius 2 is 1.59 bits per heavy atom. The Kier molecular flexibility index (Phi) is 6.23. The molecule has 1 N–H and O–H groups in total. The zero-order chi connectivity index (χ0) is 22.9. The van der Waals surface area contributed by atoms with Crippen molar-refractivity contribution in [3.8, 4) is 0 Å². The summed E-state index contributed by atoms with van der Waals surface area (Å²) in [6.07, 6.45) is -2.68. The molecular formula is C22H25F3N4O3. The number of aromatic amines is 1. The Balaban J connectivity index is 1.25. The lowest BCUT2D eigenvalue weighted by atomic mass is 9.95. The molecule has 0 unspecified atom stereocenters. The van der Waals surface area contributed by atoms with Crippen LogP contribution < -0.4 is 0 Å². The van der Waals surface area contributed by atoms with E-state index in [2.05, 4.69) is 4.98 Å². The smallest absolute Gasteiger partial charge is 0.360 e. The zero-order valence-corrected chi connectivity index (χ0v) is 17.5. The van der Waals surface area contributed by atoms with Crippen LogP contribution in [-0.2, 0) is 9.59 Å². The first-order valence-corrected chi connectivity index (χ1v) is 10.7. The number of fused-ring (bicyclic) bond motifs is 1. The number of piperidine rings is 1. The summed E-state index contributed by atoms with van der Waals surface area (Å²) in [4.78, 5) is 44.5. The number of likely N-dealkylation sites (tertiary alicyclic amines) is 1. The first-order valence-electron chi connectivity index (χ1n) is 10.7. The van der Waals surface area contributed by atoms with Crippen LogP contribution in [0, 0.1) is 5.92 Å². The number of amides is 2. The molecule has 172 valence electrons. The third-order valence-corrected chi connectivity index (χ3v) is 6.31. The number of alkyl halides is 3. The third-order valence-electron chi connectivity index (χ3n) is 6.31. The molecule has 2 aromatic rings. The molecule has 1 aromatic carbocycles. The number of benzene rings is 1. The minimum absolute atomic E-state index is 0.0175. The number of aromatic nitrogens is 1. The van der Waals surface area contributed by atoms with E-state index >= 15 is 0 Å². The second-order valence-corrected chi connectivity index (χ2v) is 8.34. The predicted molar refractivity (Wildman–Crippen MR) is 111 cm³/mol. The summed E-state index contributed by atoms with van der Waals surface area (Å²) in [7, 11) is 0. The van der Waals surface area contributed by atoms with Gasteiger partial charge in [-0.3, -0.25) is 19.3 Å². The molecule has 1 aromatic heterocycles. The number of Topliss-reactive ketones (excluding diaryl/α,β-unsaturated/α-hetero) is 1. The summed E-state index contributed by atoms with van der Waals surface area (Å²) in [5, 5.41) is 0.890. The summed E-state index contributed by atoms with van der Waals surface area (Å²) in [5.74, 6) is -2.26. The van der Waals surface area contributed by atoms with Gasteiger partial charge in [0.05, 0.1) is 6.54 Å². The van der Waals surface area contributed by atoms with Gasteiger partial charge >= 0.3 is 12.1 Å². The standard InChI is InChI=1S/C22H25F3N4O3/c23-22(24,25)21(32)29-7-5-15(6-8-29)20(31)28-11-9-27(10-12-28)14-19(30)17-13-26-18-4-2-1-3-16(17)18/h1-4,13,15,26H,5-12,14H2. The molecule has 0 saturated carbocycles. The average Bonchev–Trinajstić information content (AvgIpc) is 3.22. The van der Waals surface area contributed by atoms with E-state index in [1.807, 2.05) is 29.2 Å². The van der Waals surface area contributed by atoms with Crippen LogP contribution in [0.3, 0.4) is 0 Å². The van der Waals surface area contributed by atoms with Gasteiger partial charge in [0, 0.05) is 67.8 Å². The number of piperazine rings is 1. The number of hydrogen-bond donors (Lipinski definition) is 1. The van der Waals surface area contributed by atoms with Crippen molar-refractivity contribution < 1.29 is 27.6 Å². The number of nitrogens with zero attached hydrogens (tertiary/aromatic N) is 3. The zero-order valence-electron chi connectivity index (χ0n) is 17.5. The second-order valence-electron chi connectivity index (χ2n) is 8.34. The molecule has 4 rings (SSSR count). The Labute approximate surface area is 183 Å². The summed E-state index contributed by atoms with van der Waals surface area (Å²) >= 11 is 0. The highest BCUT2D eigenvalue weighted by atomic mass is 19.4. The number of nitrogens with one attached hydrogen (secondary N) is 1. The SMILES string of the molecule is O=C(CN1CCN(C(=O)C2CCN(C(=O)C(F)(F)F)CC2)CC1)c1c[nH]c2ccccc12. The lowest BCUT2D eigenvalue weighted by Crippen LogP contribution is -2.53. The number of H-pyrrole nitrogens is 1. The van der Waals surface area contributed by atoms with E-state index < -0.39 is 12.1 Å². The topological polar surface area (TPSA) is 76.7 Å². The van der Waals surface area contributed by atoms with Gasteiger partial charge < -0.3 is 14.8 Å². The first kappa shape index (κ1) is 22.3. The Hall–Kier alpha value is -2.88. The number of para-hydroxylation sites is 1. The monoisotopic (exact) mass is 450 g/mol. The van der Waals surface area contributed by atoms with Crippen molar-refractivity contribution in [1.29, 1.82) is 0 Å². The van der Waals surface area contributed by atoms with Crippen LogP contribution in [-0.4, -0.2) is 89.3 Å². The van der Waals surface area contributed by atoms with Gasteiger partial charge in [-0.2, -0.15) is 13.2 Å². The van der Waals surface area contributed by atoms with Crippen molar-refractivity contribution >= 4 is 28.5 Å². The molecule has 10 heteroatoms. The van der Waals surface area contributed by atoms with Gasteiger partial charge in [-0.15, -0.1) is 0 Å². The summed E-state index contributed by atoms with van der Waals surface area (Å²) in [5.41, 5.74) is 1.56. The van der Waals surface area contributed by atoms with Crippen LogP contribution in [0.25, 0.3) is 10.9 Å². The Morgan fingerprint density at radius 3 is 2.25 bits per heavy atom. The molecule has 2 aliphatic heterocycles. The van der Waals surface area contributed by atoms with E-state index in [0.29, 0.717) is 31.7 Å². The van der Waals surface area contributed by atoms with Crippen molar-refractivity contribution in [2.45, 2.75) is 19.0 Å². The van der Waals surface area contributed by atoms with Gasteiger partial charge in [0.25, 0.3) is 0 Å². The molecule has 2 amide bonds. The minimum Gasteiger partial charge on any atom is -0.360 e. The molecular weight excluding hydrogens is 425 g/mol. The van der Waals surface area contributed by atoms with E-state index in [9.17, 15) is 27.6 Å². The lowest BCUT2D eigenvalue weighted by Gasteiger charge is -2.38. The van der Waals surface area contributed by atoms with E-state index in [1.165, 1.54) is 0 Å². The highest BCUT2D eigenvalue weighted by Gasteiger charge is 2.44. The van der Waals surface area contributed by atoms with Gasteiger partial charge in [0.15, 0.2) is 5.78 Å². The van der Waals surface area contributed by atoms with Crippen LogP contribution in [0.4, 0.5) is 13.2 Å². The van der Waals surface area contributed by atoms with Crippen molar-refractivity contribution in [3.63, 3.8) is 0 Å². The molecule has 2 fully saturated rings. The van der Waals surface area contributed by atoms with E-state index in [0.717, 1.165) is 15.8 Å². The molecule has 3 heterocycles. The first-order chi connectivity index (χ1) is 15.2. The quantitative estimate of drug-likeness (QED) is 0.726. The minimum atomic E-state index is -4.88. The number of carbonyl (C=O) groups is 3. The van der Waals surface area contributed by atoms with Crippen molar-refractivity contribution in [1.82, 2.24) is 19.7 Å². The van der Waals surface area contributed by atoms with E-state index in [1.54, 1.807) is 11.1 Å². The highest BCUT2D eigenvalue weighted by molar-refractivity contribution is 6.08. The third kappa shape index (κ3) is 4.64. The van der Waals surface area contributed by atoms with Crippen LogP contribution in [0.2, 0.25) is 0 Å². The molecule has 0 aliphatic carbocycles. The molecule has 0 radical (unpaired) electrons. The van der Waals surface area contributed by atoms with Crippen LogP contribution in [0.15, 0.2) is 30.5 Å². The number of ketones is 1. The number of rotatable bonds is 4. The second kappa shape index (κ2) is 8.93. The van der Waals surface area contributed by atoms with E-state index in [4.69, 9.17) is 0 Å². The molecule has 0 spiro atoms. The highest BCUT2D eigenvalue weighted by Crippen LogP contribution is 2.25. The van der Waals surface area contributed by atoms with Crippen LogP contribution >= 0.6 is 0 Å². The van der Waals surface area contributed by atoms with Crippen molar-refractivity contribution in [2.24, 2.45) is 5.92 Å². The average molecular weight is 450 g/mol. The summed E-state index contributed by atoms with van der Waals surface area (Å²) in [6, 6.07) is 7.62. The van der Waals surface area contributed by atoms with Crippen molar-refractivity contribution in [2.75, 3.05) is 45.8 Å². The van der Waals surface area contributed by atoms with Gasteiger partial charge in [0.2, 0.25) is 5.91 Å². The van der Waals surface area contributed by atoms with Gasteiger partial charge in [-0.25, -0.2) is 0 Å². The Bertz CT molecular complexity index is 1000. The fourth-order valence-electron chi connectivity index (χ4n) is 4.48.